The summed E-state index contributed by atoms with van der Waals surface area (Å²) in [4.78, 5) is 12.1. The Kier molecular flexibility index (Phi) is 5.54. The number of amides is 1. The second-order valence-electron chi connectivity index (χ2n) is 5.36. The minimum atomic E-state index is -0.395. The van der Waals surface area contributed by atoms with Crippen molar-refractivity contribution in [3.05, 3.63) is 77.0 Å². The van der Waals surface area contributed by atoms with Crippen molar-refractivity contribution in [1.82, 2.24) is 5.32 Å². The van der Waals surface area contributed by atoms with Crippen LogP contribution in [0.1, 0.15) is 16.7 Å². The Bertz CT molecular complexity index is 738. The van der Waals surface area contributed by atoms with Crippen LogP contribution in [0.2, 0.25) is 0 Å². The van der Waals surface area contributed by atoms with E-state index in [9.17, 15) is 4.79 Å². The minimum Gasteiger partial charge on any atom is -0.360 e. The molecule has 0 fully saturated rings. The monoisotopic (exact) mass is 305 g/mol. The van der Waals surface area contributed by atoms with Crippen molar-refractivity contribution in [3.63, 3.8) is 0 Å². The molecule has 2 N–H and O–H groups in total. The third kappa shape index (κ3) is 5.01. The van der Waals surface area contributed by atoms with Gasteiger partial charge in [-0.3, -0.25) is 4.79 Å². The summed E-state index contributed by atoms with van der Waals surface area (Å²) in [5, 5.41) is 14.9. The first kappa shape index (κ1) is 16.3. The molecule has 2 aromatic rings. The molecule has 0 heterocycles. The van der Waals surface area contributed by atoms with Crippen molar-refractivity contribution in [2.24, 2.45) is 0 Å². The fourth-order valence-corrected chi connectivity index (χ4v) is 2.24. The third-order valence-corrected chi connectivity index (χ3v) is 3.27. The fraction of sp³-hybridized carbons (Fsp3) is 0.158. The minimum absolute atomic E-state index is 0.0418. The van der Waals surface area contributed by atoms with Gasteiger partial charge in [-0.25, -0.2) is 0 Å². The van der Waals surface area contributed by atoms with E-state index in [1.54, 1.807) is 0 Å². The molecule has 0 spiro atoms. The summed E-state index contributed by atoms with van der Waals surface area (Å²) in [6.07, 6.45) is 1.44. The molecular formula is C19H19N3O. The molecule has 0 aliphatic rings. The maximum absolute atomic E-state index is 12.1. The molecule has 0 aromatic heterocycles. The molecule has 0 atom stereocenters. The summed E-state index contributed by atoms with van der Waals surface area (Å²) in [6.45, 7) is 4.39. The van der Waals surface area contributed by atoms with E-state index in [0.717, 1.165) is 22.4 Å². The Labute approximate surface area is 136 Å². The lowest BCUT2D eigenvalue weighted by Crippen LogP contribution is -2.24. The van der Waals surface area contributed by atoms with Gasteiger partial charge in [0.1, 0.15) is 11.6 Å². The number of rotatable bonds is 5. The van der Waals surface area contributed by atoms with Gasteiger partial charge >= 0.3 is 0 Å². The molecule has 23 heavy (non-hydrogen) atoms. The van der Waals surface area contributed by atoms with E-state index in [1.807, 2.05) is 62.4 Å². The molecule has 0 radical (unpaired) electrons. The number of hydrogen-bond donors (Lipinski definition) is 2. The smallest absolute Gasteiger partial charge is 0.263 e. The Morgan fingerprint density at radius 1 is 1.13 bits per heavy atom. The molecule has 0 aliphatic carbocycles. The van der Waals surface area contributed by atoms with Crippen LogP contribution < -0.4 is 10.6 Å². The van der Waals surface area contributed by atoms with Crippen molar-refractivity contribution in [3.8, 4) is 6.07 Å². The Morgan fingerprint density at radius 3 is 2.39 bits per heavy atom. The van der Waals surface area contributed by atoms with Crippen LogP contribution in [0.4, 0.5) is 5.69 Å². The SMILES string of the molecule is Cc1cc(C)cc(N/C=C(\C#N)C(=O)NCc2ccccc2)c1. The second kappa shape index (κ2) is 7.81. The van der Waals surface area contributed by atoms with Gasteiger partial charge in [0.15, 0.2) is 0 Å². The fourth-order valence-electron chi connectivity index (χ4n) is 2.24. The molecule has 2 rings (SSSR count). The Morgan fingerprint density at radius 2 is 1.78 bits per heavy atom. The zero-order valence-electron chi connectivity index (χ0n) is 13.3. The zero-order chi connectivity index (χ0) is 16.7. The van der Waals surface area contributed by atoms with Gasteiger partial charge in [-0.15, -0.1) is 0 Å². The number of nitrogens with zero attached hydrogens (tertiary/aromatic N) is 1. The van der Waals surface area contributed by atoms with Gasteiger partial charge in [-0.2, -0.15) is 5.26 Å². The quantitative estimate of drug-likeness (QED) is 0.657. The standard InChI is InChI=1S/C19H19N3O/c1-14-8-15(2)10-18(9-14)21-13-17(11-20)19(23)22-12-16-6-4-3-5-7-16/h3-10,13,21H,12H2,1-2H3,(H,22,23)/b17-13+. The first-order valence-corrected chi connectivity index (χ1v) is 7.35. The van der Waals surface area contributed by atoms with Gasteiger partial charge in [-0.1, -0.05) is 36.4 Å². The number of benzene rings is 2. The van der Waals surface area contributed by atoms with Crippen molar-refractivity contribution in [2.45, 2.75) is 20.4 Å². The summed E-state index contributed by atoms with van der Waals surface area (Å²) in [5.41, 5.74) is 4.12. The highest BCUT2D eigenvalue weighted by molar-refractivity contribution is 5.97. The predicted molar refractivity (Wildman–Crippen MR) is 91.5 cm³/mol. The van der Waals surface area contributed by atoms with E-state index in [1.165, 1.54) is 6.20 Å². The number of anilines is 1. The summed E-state index contributed by atoms with van der Waals surface area (Å²) < 4.78 is 0. The predicted octanol–water partition coefficient (Wildman–Crippen LogP) is 3.44. The largest absolute Gasteiger partial charge is 0.360 e. The highest BCUT2D eigenvalue weighted by Crippen LogP contribution is 2.14. The number of nitriles is 1. The van der Waals surface area contributed by atoms with Gasteiger partial charge in [0.2, 0.25) is 0 Å². The summed E-state index contributed by atoms with van der Waals surface area (Å²) in [7, 11) is 0. The zero-order valence-corrected chi connectivity index (χ0v) is 13.3. The van der Waals surface area contributed by atoms with Crippen molar-refractivity contribution >= 4 is 11.6 Å². The van der Waals surface area contributed by atoms with Crippen LogP contribution in [0.15, 0.2) is 60.3 Å². The maximum Gasteiger partial charge on any atom is 0.263 e. The highest BCUT2D eigenvalue weighted by atomic mass is 16.1. The number of aryl methyl sites for hydroxylation is 2. The van der Waals surface area contributed by atoms with Gasteiger partial charge in [0.05, 0.1) is 0 Å². The van der Waals surface area contributed by atoms with Gasteiger partial charge in [0, 0.05) is 18.4 Å². The first-order valence-electron chi connectivity index (χ1n) is 7.35. The summed E-state index contributed by atoms with van der Waals surface area (Å²) in [5.74, 6) is -0.395. The molecule has 0 saturated carbocycles. The van der Waals surface area contributed by atoms with Gasteiger partial charge in [0.25, 0.3) is 5.91 Å². The molecule has 0 bridgehead atoms. The highest BCUT2D eigenvalue weighted by Gasteiger charge is 2.08. The molecule has 0 aliphatic heterocycles. The lowest BCUT2D eigenvalue weighted by molar-refractivity contribution is -0.117. The molecule has 4 heteroatoms. The van der Waals surface area contributed by atoms with E-state index >= 15 is 0 Å². The van der Waals surface area contributed by atoms with Crippen molar-refractivity contribution < 1.29 is 4.79 Å². The summed E-state index contributed by atoms with van der Waals surface area (Å²) in [6, 6.07) is 17.5. The van der Waals surface area contributed by atoms with Crippen molar-refractivity contribution in [2.75, 3.05) is 5.32 Å². The van der Waals surface area contributed by atoms with E-state index in [2.05, 4.69) is 16.7 Å². The third-order valence-electron chi connectivity index (χ3n) is 3.27. The molecule has 116 valence electrons. The average Bonchev–Trinajstić information content (AvgIpc) is 2.53. The topological polar surface area (TPSA) is 64.9 Å². The van der Waals surface area contributed by atoms with E-state index in [0.29, 0.717) is 6.54 Å². The van der Waals surface area contributed by atoms with Crippen LogP contribution in [0.5, 0.6) is 0 Å². The van der Waals surface area contributed by atoms with Crippen molar-refractivity contribution in [1.29, 1.82) is 5.26 Å². The molecular weight excluding hydrogens is 286 g/mol. The molecule has 2 aromatic carbocycles. The number of hydrogen-bond acceptors (Lipinski definition) is 3. The normalized spacial score (nSPS) is 10.7. The molecule has 0 unspecified atom stereocenters. The number of carbonyl (C=O) groups is 1. The molecule has 1 amide bonds. The number of carbonyl (C=O) groups excluding carboxylic acids is 1. The summed E-state index contributed by atoms with van der Waals surface area (Å²) >= 11 is 0. The molecule has 4 nitrogen and oxygen atoms in total. The van der Waals surface area contributed by atoms with E-state index in [4.69, 9.17) is 5.26 Å². The van der Waals surface area contributed by atoms with Crippen LogP contribution in [0.3, 0.4) is 0 Å². The van der Waals surface area contributed by atoms with Gasteiger partial charge in [-0.05, 0) is 42.7 Å². The first-order chi connectivity index (χ1) is 11.1. The average molecular weight is 305 g/mol. The van der Waals surface area contributed by atoms with E-state index in [-0.39, 0.29) is 5.57 Å². The van der Waals surface area contributed by atoms with Crippen LogP contribution in [0.25, 0.3) is 0 Å². The van der Waals surface area contributed by atoms with Crippen LogP contribution in [-0.4, -0.2) is 5.91 Å². The Hall–Kier alpha value is -3.06. The van der Waals surface area contributed by atoms with Crippen LogP contribution in [0, 0.1) is 25.2 Å². The van der Waals surface area contributed by atoms with Crippen LogP contribution in [-0.2, 0) is 11.3 Å². The number of nitrogens with one attached hydrogen (secondary N) is 2. The van der Waals surface area contributed by atoms with Gasteiger partial charge < -0.3 is 10.6 Å². The molecule has 0 saturated heterocycles. The maximum atomic E-state index is 12.1. The lowest BCUT2D eigenvalue weighted by atomic mass is 10.1. The second-order valence-corrected chi connectivity index (χ2v) is 5.36. The lowest BCUT2D eigenvalue weighted by Gasteiger charge is -2.07. The Balaban J connectivity index is 2.00. The van der Waals surface area contributed by atoms with Crippen LogP contribution >= 0.6 is 0 Å². The van der Waals surface area contributed by atoms with E-state index < -0.39 is 5.91 Å².